The first-order valence-electron chi connectivity index (χ1n) is 0. The van der Waals surface area contributed by atoms with Crippen molar-refractivity contribution in [1.29, 1.82) is 0 Å². The van der Waals surface area contributed by atoms with Crippen LogP contribution in [0.15, 0.2) is 0 Å². The Balaban J connectivity index is 0. The SMILES string of the molecule is [Al-3].[Cr+3].[Fe].[Ni]. The molecule has 0 N–H and O–H groups in total. The summed E-state index contributed by atoms with van der Waals surface area (Å²) in [5, 5.41) is 0. The molecule has 0 aromatic heterocycles. The van der Waals surface area contributed by atoms with Crippen LogP contribution in [-0.4, -0.2) is 17.4 Å². The average Bonchev–Trinajstić information content (AvgIpc) is 0. The van der Waals surface area contributed by atoms with Crippen molar-refractivity contribution in [2.75, 3.05) is 0 Å². The Bertz CT molecular complexity index is 8.00. The molecule has 0 atom stereocenters. The smallest absolute Gasteiger partial charge is 3.00 e. The van der Waals surface area contributed by atoms with Crippen molar-refractivity contribution in [2.45, 2.75) is 0 Å². The maximum Gasteiger partial charge on any atom is 3.00 e. The standard InChI is InChI=1S/Al.Cr.Fe.Ni/q-3;+3;;. The Morgan fingerprint density at radius 1 is 1.00 bits per heavy atom. The van der Waals surface area contributed by atoms with E-state index < -0.39 is 0 Å². The van der Waals surface area contributed by atoms with Crippen LogP contribution in [0.4, 0.5) is 0 Å². The quantitative estimate of drug-likeness (QED) is 0.460. The van der Waals surface area contributed by atoms with E-state index in [1.54, 1.807) is 0 Å². The second-order valence-corrected chi connectivity index (χ2v) is 0. The molecule has 0 aliphatic rings. The molecule has 4 heteroatoms. The fourth-order valence-electron chi connectivity index (χ4n) is 0. The zero-order chi connectivity index (χ0) is 0. The fraction of sp³-hybridized carbons (Fsp3) is 0. The second kappa shape index (κ2) is 19.6. The van der Waals surface area contributed by atoms with Crippen molar-refractivity contribution in [3.63, 3.8) is 0 Å². The van der Waals surface area contributed by atoms with Gasteiger partial charge in [0.05, 0.1) is 0 Å². The zero-order valence-corrected chi connectivity index (χ0v) is 6.18. The topological polar surface area (TPSA) is 0 Å². The second-order valence-electron chi connectivity index (χ2n) is 0. The van der Waals surface area contributed by atoms with Crippen molar-refractivity contribution in [3.8, 4) is 0 Å². The Morgan fingerprint density at radius 2 is 1.00 bits per heavy atom. The normalized spacial score (nSPS) is 0. The molecule has 0 bridgehead atoms. The van der Waals surface area contributed by atoms with Gasteiger partial charge >= 0.3 is 17.4 Å². The molecule has 27 valence electrons. The minimum atomic E-state index is 0. The van der Waals surface area contributed by atoms with E-state index in [-0.39, 0.29) is 68.3 Å². The monoisotopic (exact) mass is 193 g/mol. The van der Waals surface area contributed by atoms with E-state index >= 15 is 0 Å². The van der Waals surface area contributed by atoms with Gasteiger partial charge in [0.25, 0.3) is 0 Å². The van der Waals surface area contributed by atoms with Gasteiger partial charge in [0.1, 0.15) is 0 Å². The Kier molecular flexibility index (Phi) is 177. The third-order valence-corrected chi connectivity index (χ3v) is 0. The van der Waals surface area contributed by atoms with Crippen molar-refractivity contribution < 1.29 is 50.9 Å². The van der Waals surface area contributed by atoms with Crippen LogP contribution in [0.5, 0.6) is 0 Å². The van der Waals surface area contributed by atoms with Crippen molar-refractivity contribution in [1.82, 2.24) is 0 Å². The number of hydrogen-bond acceptors (Lipinski definition) is 0. The molecule has 0 heterocycles. The number of rotatable bonds is 0. The van der Waals surface area contributed by atoms with Gasteiger partial charge in [-0.3, -0.25) is 0 Å². The maximum absolute atomic E-state index is 0. The minimum Gasteiger partial charge on any atom is -3.00 e. The first-order chi connectivity index (χ1) is 0. The van der Waals surface area contributed by atoms with Crippen LogP contribution < -0.4 is 0 Å². The summed E-state index contributed by atoms with van der Waals surface area (Å²) in [6, 6.07) is 0. The first-order valence-corrected chi connectivity index (χ1v) is 0. The fourth-order valence-corrected chi connectivity index (χ4v) is 0. The van der Waals surface area contributed by atoms with E-state index in [2.05, 4.69) is 0 Å². The summed E-state index contributed by atoms with van der Waals surface area (Å²) in [4.78, 5) is 0. The molecule has 0 aliphatic heterocycles. The molecule has 0 saturated carbocycles. The van der Waals surface area contributed by atoms with Crippen LogP contribution in [0.2, 0.25) is 0 Å². The van der Waals surface area contributed by atoms with Gasteiger partial charge < -0.3 is 17.4 Å². The Hall–Kier alpha value is 2.08. The van der Waals surface area contributed by atoms with Gasteiger partial charge in [0.15, 0.2) is 0 Å². The van der Waals surface area contributed by atoms with Gasteiger partial charge in [-0.05, 0) is 0 Å². The molecule has 0 aromatic carbocycles. The van der Waals surface area contributed by atoms with Crippen LogP contribution in [0.1, 0.15) is 0 Å². The van der Waals surface area contributed by atoms with Crippen LogP contribution in [0.3, 0.4) is 0 Å². The van der Waals surface area contributed by atoms with E-state index in [4.69, 9.17) is 0 Å². The molecule has 0 nitrogen and oxygen atoms in total. The summed E-state index contributed by atoms with van der Waals surface area (Å²) >= 11 is 0. The predicted molar refractivity (Wildman–Crippen MR) is 5.75 cm³/mol. The largest absolute Gasteiger partial charge is 3.00 e. The molecule has 0 amide bonds. The maximum atomic E-state index is 0. The van der Waals surface area contributed by atoms with Gasteiger partial charge in [-0.15, -0.1) is 0 Å². The Labute approximate surface area is 67.8 Å². The van der Waals surface area contributed by atoms with E-state index in [1.165, 1.54) is 0 Å². The molecular weight excluding hydrogens is 194 g/mol. The molecule has 0 unspecified atom stereocenters. The zero-order valence-electron chi connectivity index (χ0n) is 1.66. The summed E-state index contributed by atoms with van der Waals surface area (Å²) in [6.07, 6.45) is 0. The molecule has 0 saturated heterocycles. The van der Waals surface area contributed by atoms with Crippen molar-refractivity contribution in [2.24, 2.45) is 0 Å². The molecule has 3 radical (unpaired) electrons. The van der Waals surface area contributed by atoms with E-state index in [1.807, 2.05) is 0 Å². The molecule has 4 heavy (non-hydrogen) atoms. The Morgan fingerprint density at radius 3 is 1.00 bits per heavy atom. The molecule has 0 spiro atoms. The third kappa shape index (κ3) is 8.95. The van der Waals surface area contributed by atoms with Crippen molar-refractivity contribution >= 4 is 17.4 Å². The third-order valence-electron chi connectivity index (χ3n) is 0. The average molecular weight is 194 g/mol. The van der Waals surface area contributed by atoms with E-state index in [9.17, 15) is 0 Å². The van der Waals surface area contributed by atoms with Gasteiger partial charge in [-0.1, -0.05) is 0 Å². The van der Waals surface area contributed by atoms with Crippen molar-refractivity contribution in [3.05, 3.63) is 0 Å². The summed E-state index contributed by atoms with van der Waals surface area (Å²) < 4.78 is 0. The molecule has 0 aromatic rings. The van der Waals surface area contributed by atoms with Crippen LogP contribution >= 0.6 is 0 Å². The minimum absolute atomic E-state index is 0. The van der Waals surface area contributed by atoms with E-state index in [0.29, 0.717) is 0 Å². The predicted octanol–water partition coefficient (Wildman–Crippen LogP) is -0.388. The summed E-state index contributed by atoms with van der Waals surface area (Å²) in [5.74, 6) is 0. The summed E-state index contributed by atoms with van der Waals surface area (Å²) in [6.45, 7) is 0. The van der Waals surface area contributed by atoms with Gasteiger partial charge in [-0.25, -0.2) is 0 Å². The van der Waals surface area contributed by atoms with Gasteiger partial charge in [0, 0.05) is 33.6 Å². The van der Waals surface area contributed by atoms with Crippen LogP contribution in [-0.2, 0) is 50.9 Å². The number of hydrogen-bond donors (Lipinski definition) is 0. The van der Waals surface area contributed by atoms with Gasteiger partial charge in [-0.2, -0.15) is 0 Å². The summed E-state index contributed by atoms with van der Waals surface area (Å²) in [5.41, 5.74) is 0. The molecule has 0 rings (SSSR count). The van der Waals surface area contributed by atoms with E-state index in [0.717, 1.165) is 0 Å². The molecular formula is AlCrFeNi. The molecule has 0 fully saturated rings. The van der Waals surface area contributed by atoms with Crippen LogP contribution in [0.25, 0.3) is 0 Å². The summed E-state index contributed by atoms with van der Waals surface area (Å²) in [7, 11) is 0. The van der Waals surface area contributed by atoms with Crippen LogP contribution in [0, 0.1) is 0 Å². The van der Waals surface area contributed by atoms with Gasteiger partial charge in [0.2, 0.25) is 0 Å². The molecule has 0 aliphatic carbocycles. The first kappa shape index (κ1) is 36.3.